The summed E-state index contributed by atoms with van der Waals surface area (Å²) in [5.41, 5.74) is 1.43. The van der Waals surface area contributed by atoms with Crippen LogP contribution in [0.3, 0.4) is 0 Å². The van der Waals surface area contributed by atoms with Crippen LogP contribution in [0.15, 0.2) is 53.3 Å². The first-order valence-electron chi connectivity index (χ1n) is 7.88. The summed E-state index contributed by atoms with van der Waals surface area (Å²) in [6.45, 7) is 1.97. The molecule has 2 N–H and O–H groups in total. The second kappa shape index (κ2) is 7.52. The van der Waals surface area contributed by atoms with E-state index in [4.69, 9.17) is 0 Å². The van der Waals surface area contributed by atoms with Gasteiger partial charge in [0.25, 0.3) is 0 Å². The topological polar surface area (TPSA) is 106 Å². The minimum Gasteiger partial charge on any atom is -0.349 e. The average Bonchev–Trinajstić information content (AvgIpc) is 3.04. The van der Waals surface area contributed by atoms with Crippen molar-refractivity contribution in [2.45, 2.75) is 25.9 Å². The van der Waals surface area contributed by atoms with Crippen molar-refractivity contribution < 1.29 is 4.79 Å². The quantitative estimate of drug-likeness (QED) is 0.690. The van der Waals surface area contributed by atoms with Crippen molar-refractivity contribution in [3.8, 4) is 0 Å². The second-order valence-electron chi connectivity index (χ2n) is 5.63. The molecule has 0 spiro atoms. The zero-order valence-corrected chi connectivity index (χ0v) is 13.7. The summed E-state index contributed by atoms with van der Waals surface area (Å²) < 4.78 is 1.51. The van der Waals surface area contributed by atoms with E-state index >= 15 is 0 Å². The Morgan fingerprint density at radius 1 is 1.20 bits per heavy atom. The van der Waals surface area contributed by atoms with Crippen LogP contribution in [0.25, 0.3) is 0 Å². The normalized spacial score (nSPS) is 11.9. The maximum atomic E-state index is 12.7. The Hall–Kier alpha value is -3.29. The van der Waals surface area contributed by atoms with Crippen LogP contribution >= 0.6 is 0 Å². The molecule has 0 aliphatic rings. The fraction of sp³-hybridized carbons (Fsp3) is 0.235. The van der Waals surface area contributed by atoms with Crippen LogP contribution in [0.4, 0.5) is 0 Å². The van der Waals surface area contributed by atoms with E-state index in [0.717, 1.165) is 5.56 Å². The van der Waals surface area contributed by atoms with Gasteiger partial charge in [-0.05, 0) is 29.0 Å². The molecule has 2 aromatic heterocycles. The second-order valence-corrected chi connectivity index (χ2v) is 5.63. The third-order valence-electron chi connectivity index (χ3n) is 3.81. The molecule has 25 heavy (non-hydrogen) atoms. The fourth-order valence-corrected chi connectivity index (χ4v) is 2.55. The summed E-state index contributed by atoms with van der Waals surface area (Å²) in [5.74, 6) is 0.341. The number of hydrogen-bond acceptors (Lipinski definition) is 5. The van der Waals surface area contributed by atoms with Crippen molar-refractivity contribution in [3.63, 3.8) is 0 Å². The number of nitrogens with one attached hydrogen (secondary N) is 2. The lowest BCUT2D eigenvalue weighted by atomic mass is 10.1. The van der Waals surface area contributed by atoms with E-state index in [1.54, 1.807) is 19.1 Å². The fourth-order valence-electron chi connectivity index (χ4n) is 2.55. The lowest BCUT2D eigenvalue weighted by molar-refractivity contribution is -0.124. The number of carbonyl (C=O) groups excluding carboxylic acids is 1. The van der Waals surface area contributed by atoms with E-state index in [2.05, 4.69) is 25.8 Å². The van der Waals surface area contributed by atoms with Crippen molar-refractivity contribution in [2.75, 3.05) is 0 Å². The number of hydrogen-bond donors (Lipinski definition) is 2. The van der Waals surface area contributed by atoms with Gasteiger partial charge >= 0.3 is 0 Å². The first kappa shape index (κ1) is 16.6. The number of aromatic nitrogens is 5. The highest BCUT2D eigenvalue weighted by molar-refractivity contribution is 5.80. The smallest absolute Gasteiger partial charge is 0.248 e. The molecule has 0 aliphatic carbocycles. The van der Waals surface area contributed by atoms with Crippen LogP contribution in [0, 0.1) is 6.92 Å². The van der Waals surface area contributed by atoms with Gasteiger partial charge in [0, 0.05) is 18.2 Å². The van der Waals surface area contributed by atoms with Crippen LogP contribution in [0.5, 0.6) is 0 Å². The van der Waals surface area contributed by atoms with Crippen LogP contribution in [0.1, 0.15) is 23.1 Å². The van der Waals surface area contributed by atoms with Crippen LogP contribution < -0.4 is 10.9 Å². The molecule has 1 unspecified atom stereocenters. The van der Waals surface area contributed by atoms with Gasteiger partial charge in [-0.3, -0.25) is 9.59 Å². The molecule has 1 atom stereocenters. The highest BCUT2D eigenvalue weighted by Crippen LogP contribution is 2.15. The highest BCUT2D eigenvalue weighted by Gasteiger charge is 2.24. The predicted molar refractivity (Wildman–Crippen MR) is 90.6 cm³/mol. The van der Waals surface area contributed by atoms with E-state index in [9.17, 15) is 9.59 Å². The van der Waals surface area contributed by atoms with E-state index in [1.807, 2.05) is 30.3 Å². The molecule has 8 nitrogen and oxygen atoms in total. The third kappa shape index (κ3) is 4.17. The molecule has 0 bridgehead atoms. The molecule has 3 aromatic rings. The first-order valence-corrected chi connectivity index (χ1v) is 7.88. The Labute approximate surface area is 143 Å². The van der Waals surface area contributed by atoms with E-state index < -0.39 is 6.04 Å². The highest BCUT2D eigenvalue weighted by atomic mass is 16.2. The predicted octanol–water partition coefficient (Wildman–Crippen LogP) is 0.770. The van der Waals surface area contributed by atoms with Gasteiger partial charge in [0.15, 0.2) is 0 Å². The number of aryl methyl sites for hydroxylation is 1. The minimum absolute atomic E-state index is 0.205. The van der Waals surface area contributed by atoms with Crippen molar-refractivity contribution in [1.82, 2.24) is 30.5 Å². The number of pyridine rings is 1. The largest absolute Gasteiger partial charge is 0.349 e. The molecule has 0 radical (unpaired) electrons. The zero-order chi connectivity index (χ0) is 17.6. The number of carbonyl (C=O) groups is 1. The van der Waals surface area contributed by atoms with Crippen molar-refractivity contribution in [3.05, 3.63) is 76.0 Å². The van der Waals surface area contributed by atoms with E-state index in [0.29, 0.717) is 17.9 Å². The van der Waals surface area contributed by atoms with E-state index in [1.165, 1.54) is 10.7 Å². The Balaban J connectivity index is 1.77. The standard InChI is InChI=1S/C17H18N6O2/c1-12-20-21-22-23(12)15(10-13-6-3-2-4-7-13)17(25)18-11-14-8-5-9-16(24)19-14/h2-9,15H,10-11H2,1H3,(H,18,25)(H,19,24). The molecule has 3 rings (SSSR count). The third-order valence-corrected chi connectivity index (χ3v) is 3.81. The number of nitrogens with zero attached hydrogens (tertiary/aromatic N) is 4. The lowest BCUT2D eigenvalue weighted by Crippen LogP contribution is -2.35. The van der Waals surface area contributed by atoms with Gasteiger partial charge in [0.05, 0.1) is 6.54 Å². The summed E-state index contributed by atoms with van der Waals surface area (Å²) in [6.07, 6.45) is 0.462. The van der Waals surface area contributed by atoms with E-state index in [-0.39, 0.29) is 18.0 Å². The van der Waals surface area contributed by atoms with Crippen molar-refractivity contribution in [1.29, 1.82) is 0 Å². The summed E-state index contributed by atoms with van der Waals surface area (Å²) in [6, 6.07) is 13.9. The SMILES string of the molecule is Cc1nnnn1C(Cc1ccccc1)C(=O)NCc1cccc(=O)[nH]1. The lowest BCUT2D eigenvalue weighted by Gasteiger charge is -2.17. The molecule has 1 amide bonds. The van der Waals surface area contributed by atoms with Gasteiger partial charge < -0.3 is 10.3 Å². The van der Waals surface area contributed by atoms with Gasteiger partial charge in [-0.2, -0.15) is 0 Å². The summed E-state index contributed by atoms with van der Waals surface area (Å²) >= 11 is 0. The minimum atomic E-state index is -0.576. The Morgan fingerprint density at radius 3 is 2.68 bits per heavy atom. The number of H-pyrrole nitrogens is 1. The van der Waals surface area contributed by atoms with Crippen LogP contribution in [-0.4, -0.2) is 31.1 Å². The maximum absolute atomic E-state index is 12.7. The number of benzene rings is 1. The van der Waals surface area contributed by atoms with Gasteiger partial charge in [0.2, 0.25) is 11.5 Å². The molecule has 0 fully saturated rings. The van der Waals surface area contributed by atoms with Gasteiger partial charge in [-0.1, -0.05) is 36.4 Å². The molecule has 128 valence electrons. The Kier molecular flexibility index (Phi) is 4.98. The van der Waals surface area contributed by atoms with Crippen molar-refractivity contribution in [2.24, 2.45) is 0 Å². The summed E-state index contributed by atoms with van der Waals surface area (Å²) in [5, 5.41) is 14.3. The number of amides is 1. The molecular weight excluding hydrogens is 320 g/mol. The summed E-state index contributed by atoms with van der Waals surface area (Å²) in [4.78, 5) is 26.8. The Morgan fingerprint density at radius 2 is 2.00 bits per heavy atom. The molecule has 1 aromatic carbocycles. The summed E-state index contributed by atoms with van der Waals surface area (Å²) in [7, 11) is 0. The molecule has 2 heterocycles. The molecular formula is C17H18N6O2. The molecule has 0 saturated carbocycles. The molecule has 8 heteroatoms. The Bertz CT molecular complexity index is 903. The zero-order valence-electron chi connectivity index (χ0n) is 13.7. The van der Waals surface area contributed by atoms with Gasteiger partial charge in [0.1, 0.15) is 11.9 Å². The average molecular weight is 338 g/mol. The monoisotopic (exact) mass is 338 g/mol. The first-order chi connectivity index (χ1) is 12.1. The molecule has 0 aliphatic heterocycles. The number of aromatic amines is 1. The molecule has 0 saturated heterocycles. The van der Waals surface area contributed by atoms with Crippen LogP contribution in [0.2, 0.25) is 0 Å². The van der Waals surface area contributed by atoms with Gasteiger partial charge in [-0.25, -0.2) is 4.68 Å². The number of rotatable bonds is 6. The number of tetrazole rings is 1. The maximum Gasteiger partial charge on any atom is 0.248 e. The van der Waals surface area contributed by atoms with Gasteiger partial charge in [-0.15, -0.1) is 5.10 Å². The van der Waals surface area contributed by atoms with Crippen molar-refractivity contribution >= 4 is 5.91 Å². The van der Waals surface area contributed by atoms with Crippen LogP contribution in [-0.2, 0) is 17.8 Å².